The summed E-state index contributed by atoms with van der Waals surface area (Å²) >= 11 is 0. The topological polar surface area (TPSA) is 56.0 Å². The molecule has 2 N–H and O–H groups in total. The molecule has 0 fully saturated rings. The number of ketones is 1. The van der Waals surface area contributed by atoms with E-state index in [1.165, 1.54) is 0 Å². The SMILES string of the molecule is Nc1ccncc1CC1=CC(=O)CC1. The Balaban J connectivity index is 2.15. The molecule has 1 aliphatic carbocycles. The molecule has 0 unspecified atom stereocenters. The molecule has 1 aliphatic rings. The van der Waals surface area contributed by atoms with Crippen LogP contribution in [0.15, 0.2) is 30.1 Å². The minimum absolute atomic E-state index is 0.225. The van der Waals surface area contributed by atoms with Gasteiger partial charge < -0.3 is 5.73 Å². The summed E-state index contributed by atoms with van der Waals surface area (Å²) in [5.41, 5.74) is 8.70. The number of aromatic nitrogens is 1. The van der Waals surface area contributed by atoms with Gasteiger partial charge in [-0.25, -0.2) is 0 Å². The number of nitrogen functional groups attached to an aromatic ring is 1. The molecule has 0 bridgehead atoms. The van der Waals surface area contributed by atoms with E-state index in [0.717, 1.165) is 29.7 Å². The zero-order chi connectivity index (χ0) is 9.97. The van der Waals surface area contributed by atoms with Crippen LogP contribution >= 0.6 is 0 Å². The van der Waals surface area contributed by atoms with E-state index in [4.69, 9.17) is 5.73 Å². The molecule has 0 atom stereocenters. The van der Waals surface area contributed by atoms with Crippen molar-refractivity contribution >= 4 is 11.5 Å². The standard InChI is InChI=1S/C11H12N2O/c12-11-3-4-13-7-9(11)5-8-1-2-10(14)6-8/h3-4,6-7H,1-2,5H2,(H2,12,13). The van der Waals surface area contributed by atoms with Crippen LogP contribution in [0.3, 0.4) is 0 Å². The van der Waals surface area contributed by atoms with Crippen LogP contribution in [-0.2, 0) is 11.2 Å². The highest BCUT2D eigenvalue weighted by atomic mass is 16.1. The summed E-state index contributed by atoms with van der Waals surface area (Å²) in [6.07, 6.45) is 7.44. The van der Waals surface area contributed by atoms with Crippen LogP contribution in [0.4, 0.5) is 5.69 Å². The number of anilines is 1. The highest BCUT2D eigenvalue weighted by Gasteiger charge is 2.12. The van der Waals surface area contributed by atoms with Crippen LogP contribution in [0.5, 0.6) is 0 Å². The van der Waals surface area contributed by atoms with Crippen molar-refractivity contribution < 1.29 is 4.79 Å². The van der Waals surface area contributed by atoms with Crippen LogP contribution < -0.4 is 5.73 Å². The molecule has 0 spiro atoms. The Bertz CT molecular complexity index is 396. The third-order valence-corrected chi connectivity index (χ3v) is 2.42. The van der Waals surface area contributed by atoms with E-state index in [1.54, 1.807) is 24.5 Å². The lowest BCUT2D eigenvalue weighted by molar-refractivity contribution is -0.114. The van der Waals surface area contributed by atoms with Gasteiger partial charge in [-0.3, -0.25) is 9.78 Å². The molecule has 0 amide bonds. The molecule has 72 valence electrons. The van der Waals surface area contributed by atoms with Crippen molar-refractivity contribution in [3.63, 3.8) is 0 Å². The highest BCUT2D eigenvalue weighted by Crippen LogP contribution is 2.21. The van der Waals surface area contributed by atoms with E-state index in [2.05, 4.69) is 4.98 Å². The number of hydrogen-bond acceptors (Lipinski definition) is 3. The first kappa shape index (κ1) is 8.94. The van der Waals surface area contributed by atoms with E-state index in [1.807, 2.05) is 0 Å². The Morgan fingerprint density at radius 2 is 2.29 bits per heavy atom. The van der Waals surface area contributed by atoms with E-state index >= 15 is 0 Å². The Hall–Kier alpha value is -1.64. The molecule has 1 aromatic heterocycles. The second-order valence-electron chi connectivity index (χ2n) is 3.52. The van der Waals surface area contributed by atoms with Gasteiger partial charge in [0.2, 0.25) is 0 Å². The molecule has 0 radical (unpaired) electrons. The number of pyridine rings is 1. The maximum Gasteiger partial charge on any atom is 0.155 e. The molecule has 1 heterocycles. The summed E-state index contributed by atoms with van der Waals surface area (Å²) < 4.78 is 0. The minimum atomic E-state index is 0.225. The van der Waals surface area contributed by atoms with Crippen LogP contribution in [0.2, 0.25) is 0 Å². The quantitative estimate of drug-likeness (QED) is 0.765. The van der Waals surface area contributed by atoms with Crippen LogP contribution in [-0.4, -0.2) is 10.8 Å². The second-order valence-corrected chi connectivity index (χ2v) is 3.52. The highest BCUT2D eigenvalue weighted by molar-refractivity contribution is 5.93. The number of allylic oxidation sites excluding steroid dienone is 2. The number of nitrogens with zero attached hydrogens (tertiary/aromatic N) is 1. The summed E-state index contributed by atoms with van der Waals surface area (Å²) in [7, 11) is 0. The average Bonchev–Trinajstić information content (AvgIpc) is 2.56. The van der Waals surface area contributed by atoms with E-state index in [0.29, 0.717) is 6.42 Å². The zero-order valence-electron chi connectivity index (χ0n) is 7.86. The second kappa shape index (κ2) is 3.62. The summed E-state index contributed by atoms with van der Waals surface area (Å²) in [4.78, 5) is 15.0. The van der Waals surface area contributed by atoms with Gasteiger partial charge >= 0.3 is 0 Å². The number of carbonyl (C=O) groups excluding carboxylic acids is 1. The molecule has 2 rings (SSSR count). The summed E-state index contributed by atoms with van der Waals surface area (Å²) in [6, 6.07) is 1.78. The lowest BCUT2D eigenvalue weighted by Crippen LogP contribution is -1.96. The molecule has 1 aromatic rings. The van der Waals surface area contributed by atoms with Crippen molar-refractivity contribution in [2.24, 2.45) is 0 Å². The predicted octanol–water partition coefficient (Wildman–Crippen LogP) is 1.50. The van der Waals surface area contributed by atoms with Gasteiger partial charge in [-0.05, 0) is 30.5 Å². The van der Waals surface area contributed by atoms with Crippen molar-refractivity contribution in [3.05, 3.63) is 35.7 Å². The van der Waals surface area contributed by atoms with Gasteiger partial charge in [0.15, 0.2) is 5.78 Å². The fraction of sp³-hybridized carbons (Fsp3) is 0.273. The maximum absolute atomic E-state index is 11.0. The lowest BCUT2D eigenvalue weighted by atomic mass is 10.1. The largest absolute Gasteiger partial charge is 0.398 e. The fourth-order valence-electron chi connectivity index (χ4n) is 1.63. The van der Waals surface area contributed by atoms with Crippen LogP contribution in [0.25, 0.3) is 0 Å². The van der Waals surface area contributed by atoms with Crippen molar-refractivity contribution in [3.8, 4) is 0 Å². The molecule has 3 nitrogen and oxygen atoms in total. The zero-order valence-corrected chi connectivity index (χ0v) is 7.86. The summed E-state index contributed by atoms with van der Waals surface area (Å²) in [6.45, 7) is 0. The summed E-state index contributed by atoms with van der Waals surface area (Å²) in [5, 5.41) is 0. The van der Waals surface area contributed by atoms with Gasteiger partial charge in [0.1, 0.15) is 0 Å². The van der Waals surface area contributed by atoms with Gasteiger partial charge in [-0.1, -0.05) is 5.57 Å². The average molecular weight is 188 g/mol. The van der Waals surface area contributed by atoms with E-state index < -0.39 is 0 Å². The third-order valence-electron chi connectivity index (χ3n) is 2.42. The molecule has 0 saturated heterocycles. The van der Waals surface area contributed by atoms with Crippen LogP contribution in [0.1, 0.15) is 18.4 Å². The Morgan fingerprint density at radius 3 is 2.93 bits per heavy atom. The number of rotatable bonds is 2. The number of nitrogens with two attached hydrogens (primary N) is 1. The van der Waals surface area contributed by atoms with Gasteiger partial charge in [-0.2, -0.15) is 0 Å². The van der Waals surface area contributed by atoms with Gasteiger partial charge in [0.25, 0.3) is 0 Å². The van der Waals surface area contributed by atoms with Crippen LogP contribution in [0, 0.1) is 0 Å². The maximum atomic E-state index is 11.0. The Morgan fingerprint density at radius 1 is 1.43 bits per heavy atom. The van der Waals surface area contributed by atoms with Gasteiger partial charge in [-0.15, -0.1) is 0 Å². The molecule has 14 heavy (non-hydrogen) atoms. The molecular formula is C11H12N2O. The summed E-state index contributed by atoms with van der Waals surface area (Å²) in [5.74, 6) is 0.225. The Kier molecular flexibility index (Phi) is 2.31. The number of carbonyl (C=O) groups is 1. The first-order valence-corrected chi connectivity index (χ1v) is 4.66. The van der Waals surface area contributed by atoms with Gasteiger partial charge in [0.05, 0.1) is 0 Å². The smallest absolute Gasteiger partial charge is 0.155 e. The van der Waals surface area contributed by atoms with Crippen molar-refractivity contribution in [2.45, 2.75) is 19.3 Å². The minimum Gasteiger partial charge on any atom is -0.398 e. The monoisotopic (exact) mass is 188 g/mol. The molecule has 0 aliphatic heterocycles. The van der Waals surface area contributed by atoms with E-state index in [-0.39, 0.29) is 5.78 Å². The Labute approximate surface area is 82.6 Å². The molecule has 0 saturated carbocycles. The van der Waals surface area contributed by atoms with Crippen molar-refractivity contribution in [1.82, 2.24) is 4.98 Å². The molecule has 3 heteroatoms. The first-order chi connectivity index (χ1) is 6.75. The lowest BCUT2D eigenvalue weighted by Gasteiger charge is -2.04. The molecule has 0 aromatic carbocycles. The number of hydrogen-bond donors (Lipinski definition) is 1. The van der Waals surface area contributed by atoms with Crippen molar-refractivity contribution in [1.29, 1.82) is 0 Å². The first-order valence-electron chi connectivity index (χ1n) is 4.66. The van der Waals surface area contributed by atoms with E-state index in [9.17, 15) is 4.79 Å². The fourth-order valence-corrected chi connectivity index (χ4v) is 1.63. The van der Waals surface area contributed by atoms with Crippen molar-refractivity contribution in [2.75, 3.05) is 5.73 Å². The predicted molar refractivity (Wildman–Crippen MR) is 54.7 cm³/mol. The third kappa shape index (κ3) is 1.82. The van der Waals surface area contributed by atoms with Gasteiger partial charge in [0, 0.05) is 24.5 Å². The normalized spacial score (nSPS) is 15.7. The molecular weight excluding hydrogens is 176 g/mol.